The Labute approximate surface area is 166 Å². The maximum atomic E-state index is 11.9. The summed E-state index contributed by atoms with van der Waals surface area (Å²) >= 11 is 5.90. The molecule has 0 aliphatic carbocycles. The zero-order valence-electron chi connectivity index (χ0n) is 15.2. The molecule has 0 N–H and O–H groups in total. The zero-order chi connectivity index (χ0) is 19.9. The SMILES string of the molecule is COc1ccc(-c2noc(COC(=O)/C=C/c3cccc(Cl)c3)n2)c(OC)c1. The van der Waals surface area contributed by atoms with Gasteiger partial charge in [-0.05, 0) is 35.9 Å². The summed E-state index contributed by atoms with van der Waals surface area (Å²) in [6.45, 7) is -0.149. The van der Waals surface area contributed by atoms with Gasteiger partial charge in [-0.15, -0.1) is 0 Å². The number of hydrogen-bond acceptors (Lipinski definition) is 7. The second-order valence-electron chi connectivity index (χ2n) is 5.57. The number of carbonyl (C=O) groups excluding carboxylic acids is 1. The van der Waals surface area contributed by atoms with Crippen molar-refractivity contribution in [2.45, 2.75) is 6.61 Å². The van der Waals surface area contributed by atoms with Crippen LogP contribution in [0.2, 0.25) is 5.02 Å². The van der Waals surface area contributed by atoms with Crippen molar-refractivity contribution in [3.05, 3.63) is 65.0 Å². The maximum Gasteiger partial charge on any atom is 0.331 e. The van der Waals surface area contributed by atoms with Gasteiger partial charge < -0.3 is 18.7 Å². The fourth-order valence-corrected chi connectivity index (χ4v) is 2.56. The van der Waals surface area contributed by atoms with Gasteiger partial charge in [-0.25, -0.2) is 4.79 Å². The summed E-state index contributed by atoms with van der Waals surface area (Å²) in [4.78, 5) is 16.1. The van der Waals surface area contributed by atoms with Crippen LogP contribution in [0, 0.1) is 0 Å². The number of aromatic nitrogens is 2. The second-order valence-corrected chi connectivity index (χ2v) is 6.01. The summed E-state index contributed by atoms with van der Waals surface area (Å²) in [6.07, 6.45) is 2.91. The second kappa shape index (κ2) is 9.05. The van der Waals surface area contributed by atoms with E-state index in [1.54, 1.807) is 49.6 Å². The molecule has 28 heavy (non-hydrogen) atoms. The fraction of sp³-hybridized carbons (Fsp3) is 0.150. The molecule has 0 unspecified atom stereocenters. The van der Waals surface area contributed by atoms with Gasteiger partial charge in [0.15, 0.2) is 6.61 Å². The van der Waals surface area contributed by atoms with Crippen molar-refractivity contribution in [1.29, 1.82) is 0 Å². The average molecular weight is 401 g/mol. The molecule has 1 heterocycles. The summed E-state index contributed by atoms with van der Waals surface area (Å²) in [6, 6.07) is 12.3. The van der Waals surface area contributed by atoms with Gasteiger partial charge in [-0.3, -0.25) is 0 Å². The van der Waals surface area contributed by atoms with Crippen LogP contribution in [0.4, 0.5) is 0 Å². The molecule has 0 radical (unpaired) electrons. The Hall–Kier alpha value is -3.32. The van der Waals surface area contributed by atoms with Gasteiger partial charge in [0.05, 0.1) is 19.8 Å². The Kier molecular flexibility index (Phi) is 6.29. The van der Waals surface area contributed by atoms with Crippen molar-refractivity contribution in [3.8, 4) is 22.9 Å². The molecule has 0 bridgehead atoms. The van der Waals surface area contributed by atoms with Crippen LogP contribution in [0.1, 0.15) is 11.5 Å². The number of esters is 1. The predicted molar refractivity (Wildman–Crippen MR) is 103 cm³/mol. The van der Waals surface area contributed by atoms with E-state index in [0.29, 0.717) is 27.9 Å². The Morgan fingerprint density at radius 3 is 2.79 bits per heavy atom. The Bertz CT molecular complexity index is 1000. The molecule has 2 aromatic carbocycles. The normalized spacial score (nSPS) is 10.8. The quantitative estimate of drug-likeness (QED) is 0.434. The van der Waals surface area contributed by atoms with Crippen molar-refractivity contribution >= 4 is 23.6 Å². The number of hydrogen-bond donors (Lipinski definition) is 0. The minimum atomic E-state index is -0.540. The molecule has 0 aliphatic rings. The molecule has 0 saturated heterocycles. The topological polar surface area (TPSA) is 83.7 Å². The molecule has 3 aromatic rings. The van der Waals surface area contributed by atoms with Crippen LogP contribution in [-0.2, 0) is 16.1 Å². The number of benzene rings is 2. The number of methoxy groups -OCH3 is 2. The van der Waals surface area contributed by atoms with Crippen molar-refractivity contribution in [3.63, 3.8) is 0 Å². The number of ether oxygens (including phenoxy) is 3. The monoisotopic (exact) mass is 400 g/mol. The molecule has 144 valence electrons. The molecule has 3 rings (SSSR count). The van der Waals surface area contributed by atoms with Crippen LogP contribution in [-0.4, -0.2) is 30.3 Å². The average Bonchev–Trinajstić information content (AvgIpc) is 3.19. The largest absolute Gasteiger partial charge is 0.497 e. The first-order chi connectivity index (χ1) is 13.6. The van der Waals surface area contributed by atoms with E-state index in [2.05, 4.69) is 10.1 Å². The highest BCUT2D eigenvalue weighted by Gasteiger charge is 2.15. The van der Waals surface area contributed by atoms with Gasteiger partial charge in [0.25, 0.3) is 5.89 Å². The summed E-state index contributed by atoms with van der Waals surface area (Å²) in [5, 5.41) is 4.49. The van der Waals surface area contributed by atoms with Gasteiger partial charge in [0.1, 0.15) is 11.5 Å². The van der Waals surface area contributed by atoms with E-state index in [1.807, 2.05) is 6.07 Å². The molecule has 8 heteroatoms. The van der Waals surface area contributed by atoms with Crippen LogP contribution >= 0.6 is 11.6 Å². The maximum absolute atomic E-state index is 11.9. The zero-order valence-corrected chi connectivity index (χ0v) is 16.0. The molecule has 0 saturated carbocycles. The van der Waals surface area contributed by atoms with E-state index < -0.39 is 5.97 Å². The van der Waals surface area contributed by atoms with E-state index >= 15 is 0 Å². The van der Waals surface area contributed by atoms with Gasteiger partial charge in [-0.2, -0.15) is 4.98 Å². The molecule has 0 atom stereocenters. The lowest BCUT2D eigenvalue weighted by molar-refractivity contribution is -0.139. The molecule has 7 nitrogen and oxygen atoms in total. The summed E-state index contributed by atoms with van der Waals surface area (Å²) in [5.74, 6) is 1.12. The number of rotatable bonds is 7. The predicted octanol–water partition coefficient (Wildman–Crippen LogP) is 4.16. The molecular weight excluding hydrogens is 384 g/mol. The Morgan fingerprint density at radius 1 is 1.18 bits per heavy atom. The van der Waals surface area contributed by atoms with Crippen molar-refractivity contribution < 1.29 is 23.5 Å². The molecule has 1 aromatic heterocycles. The van der Waals surface area contributed by atoms with Gasteiger partial charge in [0.2, 0.25) is 5.82 Å². The summed E-state index contributed by atoms with van der Waals surface area (Å²) in [7, 11) is 3.10. The third kappa shape index (κ3) is 4.89. The third-order valence-corrected chi connectivity index (χ3v) is 3.95. The fourth-order valence-electron chi connectivity index (χ4n) is 2.36. The smallest absolute Gasteiger partial charge is 0.331 e. The van der Waals surface area contributed by atoms with E-state index in [9.17, 15) is 4.79 Å². The first-order valence-corrected chi connectivity index (χ1v) is 8.62. The third-order valence-electron chi connectivity index (χ3n) is 3.72. The van der Waals surface area contributed by atoms with Gasteiger partial charge >= 0.3 is 5.97 Å². The Balaban J connectivity index is 1.63. The summed E-state index contributed by atoms with van der Waals surface area (Å²) in [5.41, 5.74) is 1.42. The standard InChI is InChI=1S/C20H17ClN2O5/c1-25-15-7-8-16(17(11-15)26-2)20-22-18(28-23-20)12-27-19(24)9-6-13-4-3-5-14(21)10-13/h3-11H,12H2,1-2H3/b9-6+. The van der Waals surface area contributed by atoms with Crippen molar-refractivity contribution in [2.75, 3.05) is 14.2 Å². The lowest BCUT2D eigenvalue weighted by Gasteiger charge is -2.07. The highest BCUT2D eigenvalue weighted by molar-refractivity contribution is 6.30. The number of carbonyl (C=O) groups is 1. The van der Waals surface area contributed by atoms with E-state index in [1.165, 1.54) is 13.2 Å². The van der Waals surface area contributed by atoms with Gasteiger partial charge in [0, 0.05) is 17.2 Å². The molecule has 0 spiro atoms. The van der Waals surface area contributed by atoms with E-state index in [0.717, 1.165) is 5.56 Å². The summed E-state index contributed by atoms with van der Waals surface area (Å²) < 4.78 is 20.7. The lowest BCUT2D eigenvalue weighted by atomic mass is 10.2. The number of nitrogens with zero attached hydrogens (tertiary/aromatic N) is 2. The minimum absolute atomic E-state index is 0.149. The van der Waals surface area contributed by atoms with Crippen LogP contribution in [0.5, 0.6) is 11.5 Å². The minimum Gasteiger partial charge on any atom is -0.497 e. The first kappa shape index (κ1) is 19.4. The Morgan fingerprint density at radius 2 is 2.04 bits per heavy atom. The highest BCUT2D eigenvalue weighted by atomic mass is 35.5. The first-order valence-electron chi connectivity index (χ1n) is 8.24. The van der Waals surface area contributed by atoms with E-state index in [4.69, 9.17) is 30.3 Å². The molecular formula is C20H17ClN2O5. The van der Waals surface area contributed by atoms with Gasteiger partial charge in [-0.1, -0.05) is 28.9 Å². The molecule has 0 fully saturated rings. The molecule has 0 aliphatic heterocycles. The van der Waals surface area contributed by atoms with Crippen LogP contribution < -0.4 is 9.47 Å². The molecule has 0 amide bonds. The van der Waals surface area contributed by atoms with Crippen LogP contribution in [0.3, 0.4) is 0 Å². The van der Waals surface area contributed by atoms with Crippen LogP contribution in [0.15, 0.2) is 53.1 Å². The highest BCUT2D eigenvalue weighted by Crippen LogP contribution is 2.31. The van der Waals surface area contributed by atoms with E-state index in [-0.39, 0.29) is 12.5 Å². The van der Waals surface area contributed by atoms with Crippen molar-refractivity contribution in [1.82, 2.24) is 10.1 Å². The number of halogens is 1. The van der Waals surface area contributed by atoms with Crippen LogP contribution in [0.25, 0.3) is 17.5 Å². The lowest BCUT2D eigenvalue weighted by Crippen LogP contribution is -2.01. The van der Waals surface area contributed by atoms with Crippen molar-refractivity contribution in [2.24, 2.45) is 0 Å².